The van der Waals surface area contributed by atoms with Crippen LogP contribution in [0.25, 0.3) is 10.8 Å². The Morgan fingerprint density at radius 3 is 2.57 bits per heavy atom. The van der Waals surface area contributed by atoms with Crippen molar-refractivity contribution in [3.8, 4) is 0 Å². The Morgan fingerprint density at radius 2 is 1.79 bits per heavy atom. The highest BCUT2D eigenvalue weighted by molar-refractivity contribution is 6.07. The second-order valence-electron chi connectivity index (χ2n) is 7.30. The number of anilines is 1. The molecule has 2 amide bonds. The zero-order valence-electron chi connectivity index (χ0n) is 15.9. The van der Waals surface area contributed by atoms with E-state index in [9.17, 15) is 9.59 Å². The lowest BCUT2D eigenvalue weighted by Crippen LogP contribution is -2.41. The van der Waals surface area contributed by atoms with Gasteiger partial charge in [0, 0.05) is 30.8 Å². The molecule has 1 fully saturated rings. The molecule has 0 radical (unpaired) electrons. The molecule has 4 rings (SSSR count). The summed E-state index contributed by atoms with van der Waals surface area (Å²) in [5.74, 6) is 0.504. The number of nitrogens with zero attached hydrogens (tertiary/aromatic N) is 2. The molecule has 2 aromatic carbocycles. The van der Waals surface area contributed by atoms with Gasteiger partial charge >= 0.3 is 0 Å². The molecule has 1 aromatic heterocycles. The lowest BCUT2D eigenvalue weighted by molar-refractivity contribution is -0.121. The van der Waals surface area contributed by atoms with E-state index in [-0.39, 0.29) is 17.7 Å². The molecule has 0 unspecified atom stereocenters. The minimum atomic E-state index is -0.0983. The normalized spacial score (nSPS) is 14.8. The molecular formula is C23H23N3O2. The van der Waals surface area contributed by atoms with Gasteiger partial charge in [0.25, 0.3) is 5.91 Å². The number of carbonyl (C=O) groups excluding carboxylic acids is 2. The molecule has 1 saturated heterocycles. The maximum atomic E-state index is 13.0. The summed E-state index contributed by atoms with van der Waals surface area (Å²) in [5.41, 5.74) is 1.78. The quantitative estimate of drug-likeness (QED) is 0.754. The zero-order chi connectivity index (χ0) is 19.5. The number of piperidine rings is 1. The third kappa shape index (κ3) is 3.74. The molecule has 1 N–H and O–H groups in total. The van der Waals surface area contributed by atoms with Gasteiger partial charge in [-0.3, -0.25) is 9.59 Å². The molecule has 0 aliphatic carbocycles. The Labute approximate surface area is 164 Å². The van der Waals surface area contributed by atoms with E-state index in [2.05, 4.69) is 10.3 Å². The van der Waals surface area contributed by atoms with Crippen molar-refractivity contribution < 1.29 is 9.59 Å². The average Bonchev–Trinajstić information content (AvgIpc) is 2.73. The highest BCUT2D eigenvalue weighted by Crippen LogP contribution is 2.24. The number of fused-ring (bicyclic) bond motifs is 1. The number of hydrogen-bond acceptors (Lipinski definition) is 3. The third-order valence-electron chi connectivity index (χ3n) is 5.34. The van der Waals surface area contributed by atoms with E-state index in [0.29, 0.717) is 31.7 Å². The van der Waals surface area contributed by atoms with Gasteiger partial charge in [-0.15, -0.1) is 0 Å². The van der Waals surface area contributed by atoms with Crippen molar-refractivity contribution in [2.24, 2.45) is 5.92 Å². The number of nitrogens with one attached hydrogen (secondary N) is 1. The molecule has 142 valence electrons. The van der Waals surface area contributed by atoms with Crippen LogP contribution in [0, 0.1) is 12.8 Å². The molecule has 0 bridgehead atoms. The number of pyridine rings is 1. The van der Waals surface area contributed by atoms with E-state index in [1.54, 1.807) is 6.20 Å². The molecule has 28 heavy (non-hydrogen) atoms. The van der Waals surface area contributed by atoms with Gasteiger partial charge in [-0.25, -0.2) is 4.98 Å². The van der Waals surface area contributed by atoms with Crippen LogP contribution in [-0.2, 0) is 4.79 Å². The first-order valence-corrected chi connectivity index (χ1v) is 9.62. The second-order valence-corrected chi connectivity index (χ2v) is 7.30. The van der Waals surface area contributed by atoms with Gasteiger partial charge in [0.2, 0.25) is 5.91 Å². The van der Waals surface area contributed by atoms with Gasteiger partial charge in [-0.2, -0.15) is 0 Å². The summed E-state index contributed by atoms with van der Waals surface area (Å²) in [7, 11) is 0. The molecule has 2 heterocycles. The molecule has 0 spiro atoms. The predicted octanol–water partition coefficient (Wildman–Crippen LogP) is 4.03. The van der Waals surface area contributed by atoms with Crippen molar-refractivity contribution in [2.45, 2.75) is 19.8 Å². The number of likely N-dealkylation sites (tertiary alicyclic amines) is 1. The molecule has 5 heteroatoms. The van der Waals surface area contributed by atoms with Crippen molar-refractivity contribution in [3.63, 3.8) is 0 Å². The number of rotatable bonds is 3. The van der Waals surface area contributed by atoms with Gasteiger partial charge in [0.15, 0.2) is 0 Å². The molecule has 0 atom stereocenters. The van der Waals surface area contributed by atoms with E-state index in [4.69, 9.17) is 0 Å². The zero-order valence-corrected chi connectivity index (χ0v) is 15.9. The van der Waals surface area contributed by atoms with Crippen molar-refractivity contribution >= 4 is 28.4 Å². The van der Waals surface area contributed by atoms with Crippen molar-refractivity contribution in [2.75, 3.05) is 18.4 Å². The van der Waals surface area contributed by atoms with E-state index in [0.717, 1.165) is 21.9 Å². The molecule has 3 aromatic rings. The van der Waals surface area contributed by atoms with Crippen molar-refractivity contribution in [1.29, 1.82) is 0 Å². The fraction of sp³-hybridized carbons (Fsp3) is 0.261. The van der Waals surface area contributed by atoms with Crippen LogP contribution in [0.3, 0.4) is 0 Å². The summed E-state index contributed by atoms with van der Waals surface area (Å²) >= 11 is 0. The molecule has 1 aliphatic heterocycles. The first kappa shape index (κ1) is 18.2. The summed E-state index contributed by atoms with van der Waals surface area (Å²) in [6.45, 7) is 3.14. The SMILES string of the molecule is Cc1ccnc(NC(=O)C2CCN(C(=O)c3cccc4ccccc34)CC2)c1. The Balaban J connectivity index is 1.41. The maximum absolute atomic E-state index is 13.0. The fourth-order valence-electron chi connectivity index (χ4n) is 3.76. The Morgan fingerprint density at radius 1 is 1.04 bits per heavy atom. The van der Waals surface area contributed by atoms with Crippen LogP contribution in [-0.4, -0.2) is 34.8 Å². The van der Waals surface area contributed by atoms with Gasteiger partial charge in [0.05, 0.1) is 0 Å². The second kappa shape index (κ2) is 7.80. The van der Waals surface area contributed by atoms with Crippen LogP contribution in [0.2, 0.25) is 0 Å². The summed E-state index contributed by atoms with van der Waals surface area (Å²) in [6.07, 6.45) is 3.01. The number of amides is 2. The Bertz CT molecular complexity index is 1020. The van der Waals surface area contributed by atoms with E-state index in [1.165, 1.54) is 0 Å². The van der Waals surface area contributed by atoms with Gasteiger partial charge < -0.3 is 10.2 Å². The smallest absolute Gasteiger partial charge is 0.254 e. The summed E-state index contributed by atoms with van der Waals surface area (Å²) < 4.78 is 0. The first-order valence-electron chi connectivity index (χ1n) is 9.62. The monoisotopic (exact) mass is 373 g/mol. The third-order valence-corrected chi connectivity index (χ3v) is 5.34. The van der Waals surface area contributed by atoms with Gasteiger partial charge in [-0.05, 0) is 54.3 Å². The van der Waals surface area contributed by atoms with Crippen LogP contribution in [0.15, 0.2) is 60.8 Å². The summed E-state index contributed by atoms with van der Waals surface area (Å²) in [5, 5.41) is 4.93. The number of carbonyl (C=O) groups is 2. The van der Waals surface area contributed by atoms with Crippen molar-refractivity contribution in [3.05, 3.63) is 71.9 Å². The number of hydrogen-bond donors (Lipinski definition) is 1. The minimum absolute atomic E-state index is 0.0182. The summed E-state index contributed by atoms with van der Waals surface area (Å²) in [6, 6.07) is 17.5. The lowest BCUT2D eigenvalue weighted by Gasteiger charge is -2.31. The van der Waals surface area contributed by atoms with Crippen molar-refractivity contribution in [1.82, 2.24) is 9.88 Å². The van der Waals surface area contributed by atoms with Gasteiger partial charge in [0.1, 0.15) is 5.82 Å². The van der Waals surface area contributed by atoms with Crippen LogP contribution in [0.4, 0.5) is 5.82 Å². The van der Waals surface area contributed by atoms with Crippen LogP contribution < -0.4 is 5.32 Å². The lowest BCUT2D eigenvalue weighted by atomic mass is 9.95. The summed E-state index contributed by atoms with van der Waals surface area (Å²) in [4.78, 5) is 31.6. The number of aryl methyl sites for hydroxylation is 1. The average molecular weight is 373 g/mol. The molecule has 0 saturated carbocycles. The highest BCUT2D eigenvalue weighted by Gasteiger charge is 2.28. The largest absolute Gasteiger partial charge is 0.339 e. The number of benzene rings is 2. The minimum Gasteiger partial charge on any atom is -0.339 e. The highest BCUT2D eigenvalue weighted by atomic mass is 16.2. The Kier molecular flexibility index (Phi) is 5.06. The number of aromatic nitrogens is 1. The van der Waals surface area contributed by atoms with Crippen LogP contribution in [0.1, 0.15) is 28.8 Å². The molecular weight excluding hydrogens is 350 g/mol. The van der Waals surface area contributed by atoms with Crippen LogP contribution in [0.5, 0.6) is 0 Å². The fourth-order valence-corrected chi connectivity index (χ4v) is 3.76. The topological polar surface area (TPSA) is 62.3 Å². The Hall–Kier alpha value is -3.21. The van der Waals surface area contributed by atoms with Crippen LogP contribution >= 0.6 is 0 Å². The van der Waals surface area contributed by atoms with E-state index in [1.807, 2.05) is 66.4 Å². The maximum Gasteiger partial charge on any atom is 0.254 e. The first-order chi connectivity index (χ1) is 13.6. The molecule has 5 nitrogen and oxygen atoms in total. The predicted molar refractivity (Wildman–Crippen MR) is 110 cm³/mol. The standard InChI is InChI=1S/C23H23N3O2/c1-16-9-12-24-21(15-16)25-22(27)18-10-13-26(14-11-18)23(28)20-8-4-6-17-5-2-3-7-19(17)20/h2-9,12,15,18H,10-11,13-14H2,1H3,(H,24,25,27). The van der Waals surface area contributed by atoms with E-state index < -0.39 is 0 Å². The van der Waals surface area contributed by atoms with Gasteiger partial charge in [-0.1, -0.05) is 36.4 Å². The molecule has 1 aliphatic rings. The van der Waals surface area contributed by atoms with E-state index >= 15 is 0 Å².